The quantitative estimate of drug-likeness (QED) is 0.877. The highest BCUT2D eigenvalue weighted by atomic mass is 32.2. The third kappa shape index (κ3) is 3.31. The van der Waals surface area contributed by atoms with Crippen molar-refractivity contribution < 1.29 is 23.1 Å². The van der Waals surface area contributed by atoms with Crippen molar-refractivity contribution in [2.24, 2.45) is 0 Å². The maximum Gasteiger partial charge on any atom is 0.329 e. The first-order valence-electron chi connectivity index (χ1n) is 8.09. The average Bonchev–Trinajstić information content (AvgIpc) is 2.61. The number of sulfone groups is 1. The van der Waals surface area contributed by atoms with E-state index in [1.54, 1.807) is 6.92 Å². The zero-order valence-corrected chi connectivity index (χ0v) is 14.8. The lowest BCUT2D eigenvalue weighted by Crippen LogP contribution is -2.56. The summed E-state index contributed by atoms with van der Waals surface area (Å²) in [5.41, 5.74) is -0.887. The predicted octanol–water partition coefficient (Wildman–Crippen LogP) is 2.34. The van der Waals surface area contributed by atoms with Crippen LogP contribution >= 0.6 is 0 Å². The second-order valence-electron chi connectivity index (χ2n) is 6.19. The van der Waals surface area contributed by atoms with Gasteiger partial charge in [-0.05, 0) is 37.1 Å². The Kier molecular flexibility index (Phi) is 5.32. The number of hydrogen-bond donors (Lipinski definition) is 1. The third-order valence-electron chi connectivity index (χ3n) is 4.87. The Morgan fingerprint density at radius 1 is 1.12 bits per heavy atom. The molecular weight excluding hydrogens is 330 g/mol. The van der Waals surface area contributed by atoms with E-state index in [1.165, 1.54) is 36.2 Å². The van der Waals surface area contributed by atoms with E-state index in [9.17, 15) is 23.1 Å². The molecule has 6 nitrogen and oxygen atoms in total. The molecule has 2 rings (SSSR count). The SMILES string of the molecule is CCS(=O)(=O)c1ccc(C(=O)N(C)C2(C(=O)O)CCCCC2)cc1. The Bertz CT molecular complexity index is 718. The second-order valence-corrected chi connectivity index (χ2v) is 8.47. The zero-order chi connectivity index (χ0) is 18.0. The van der Waals surface area contributed by atoms with Crippen LogP contribution in [0.4, 0.5) is 0 Å². The standard InChI is InChI=1S/C17H23NO5S/c1-3-24(22,23)14-9-7-13(8-10-14)15(19)18(2)17(16(20)21)11-5-4-6-12-17/h7-10H,3-6,11-12H2,1-2H3,(H,20,21). The number of aliphatic carboxylic acids is 1. The highest BCUT2D eigenvalue weighted by Crippen LogP contribution is 2.34. The Hall–Kier alpha value is -1.89. The normalized spacial score (nSPS) is 17.2. The first-order chi connectivity index (χ1) is 11.2. The van der Waals surface area contributed by atoms with Crippen LogP contribution in [0, 0.1) is 0 Å². The maximum absolute atomic E-state index is 12.7. The minimum atomic E-state index is -3.33. The van der Waals surface area contributed by atoms with E-state index in [1.807, 2.05) is 0 Å². The van der Waals surface area contributed by atoms with E-state index < -0.39 is 27.3 Å². The highest BCUT2D eigenvalue weighted by molar-refractivity contribution is 7.91. The number of carbonyl (C=O) groups excluding carboxylic acids is 1. The minimum Gasteiger partial charge on any atom is -0.479 e. The molecule has 1 aliphatic rings. The van der Waals surface area contributed by atoms with Gasteiger partial charge in [0.25, 0.3) is 5.91 Å². The van der Waals surface area contributed by atoms with Gasteiger partial charge >= 0.3 is 5.97 Å². The van der Waals surface area contributed by atoms with Gasteiger partial charge in [-0.3, -0.25) is 4.79 Å². The molecule has 24 heavy (non-hydrogen) atoms. The van der Waals surface area contributed by atoms with Gasteiger partial charge in [0.1, 0.15) is 5.54 Å². The summed E-state index contributed by atoms with van der Waals surface area (Å²) in [6.45, 7) is 1.56. The molecule has 0 heterocycles. The second kappa shape index (κ2) is 6.93. The van der Waals surface area contributed by atoms with Crippen LogP contribution in [0.2, 0.25) is 0 Å². The smallest absolute Gasteiger partial charge is 0.329 e. The van der Waals surface area contributed by atoms with Crippen LogP contribution < -0.4 is 0 Å². The number of hydrogen-bond acceptors (Lipinski definition) is 4. The lowest BCUT2D eigenvalue weighted by molar-refractivity contribution is -0.151. The fourth-order valence-electron chi connectivity index (χ4n) is 3.19. The maximum atomic E-state index is 12.7. The third-order valence-corrected chi connectivity index (χ3v) is 6.62. The van der Waals surface area contributed by atoms with E-state index in [2.05, 4.69) is 0 Å². The number of nitrogens with zero attached hydrogens (tertiary/aromatic N) is 1. The Morgan fingerprint density at radius 3 is 2.12 bits per heavy atom. The largest absolute Gasteiger partial charge is 0.479 e. The number of carboxylic acids is 1. The number of carbonyl (C=O) groups is 2. The molecule has 1 N–H and O–H groups in total. The molecule has 1 aromatic rings. The van der Waals surface area contributed by atoms with Gasteiger partial charge < -0.3 is 10.0 Å². The zero-order valence-electron chi connectivity index (χ0n) is 14.0. The molecule has 7 heteroatoms. The van der Waals surface area contributed by atoms with Crippen molar-refractivity contribution >= 4 is 21.7 Å². The first kappa shape index (κ1) is 18.4. The van der Waals surface area contributed by atoms with Crippen LogP contribution in [0.3, 0.4) is 0 Å². The summed E-state index contributed by atoms with van der Waals surface area (Å²) in [5, 5.41) is 9.66. The van der Waals surface area contributed by atoms with Gasteiger partial charge in [0, 0.05) is 12.6 Å². The van der Waals surface area contributed by atoms with Crippen LogP contribution in [0.25, 0.3) is 0 Å². The van der Waals surface area contributed by atoms with Gasteiger partial charge in [-0.15, -0.1) is 0 Å². The molecule has 0 aromatic heterocycles. The van der Waals surface area contributed by atoms with Crippen LogP contribution in [0.5, 0.6) is 0 Å². The first-order valence-corrected chi connectivity index (χ1v) is 9.74. The molecule has 1 amide bonds. The van der Waals surface area contributed by atoms with Crippen LogP contribution in [0.15, 0.2) is 29.2 Å². The van der Waals surface area contributed by atoms with Gasteiger partial charge in [-0.2, -0.15) is 0 Å². The van der Waals surface area contributed by atoms with Gasteiger partial charge in [-0.1, -0.05) is 26.2 Å². The van der Waals surface area contributed by atoms with Gasteiger partial charge in [0.2, 0.25) is 0 Å². The topological polar surface area (TPSA) is 91.8 Å². The fourth-order valence-corrected chi connectivity index (χ4v) is 4.07. The summed E-state index contributed by atoms with van der Waals surface area (Å²) < 4.78 is 23.7. The molecule has 1 aliphatic carbocycles. The molecule has 0 radical (unpaired) electrons. The molecule has 132 valence electrons. The van der Waals surface area contributed by atoms with Gasteiger partial charge in [0.05, 0.1) is 10.6 Å². The van der Waals surface area contributed by atoms with Crippen molar-refractivity contribution in [3.8, 4) is 0 Å². The van der Waals surface area contributed by atoms with Crippen molar-refractivity contribution in [1.82, 2.24) is 4.90 Å². The number of carboxylic acid groups (broad SMARTS) is 1. The summed E-state index contributed by atoms with van der Waals surface area (Å²) in [7, 11) is -1.81. The van der Waals surface area contributed by atoms with Crippen molar-refractivity contribution in [3.63, 3.8) is 0 Å². The van der Waals surface area contributed by atoms with Crippen LogP contribution in [-0.2, 0) is 14.6 Å². The Balaban J connectivity index is 2.28. The monoisotopic (exact) mass is 353 g/mol. The van der Waals surface area contributed by atoms with E-state index >= 15 is 0 Å². The van der Waals surface area contributed by atoms with Gasteiger partial charge in [-0.25, -0.2) is 13.2 Å². The number of benzene rings is 1. The van der Waals surface area contributed by atoms with Crippen LogP contribution in [0.1, 0.15) is 49.4 Å². The van der Waals surface area contributed by atoms with Crippen molar-refractivity contribution in [2.75, 3.05) is 12.8 Å². The van der Waals surface area contributed by atoms with Gasteiger partial charge in [0.15, 0.2) is 9.84 Å². The molecule has 0 bridgehead atoms. The molecule has 1 saturated carbocycles. The molecule has 1 aromatic carbocycles. The summed E-state index contributed by atoms with van der Waals surface area (Å²) in [6.07, 6.45) is 3.40. The molecule has 0 spiro atoms. The summed E-state index contributed by atoms with van der Waals surface area (Å²) in [6, 6.07) is 5.68. The molecule has 0 unspecified atom stereocenters. The Labute approximate surface area is 142 Å². The summed E-state index contributed by atoms with van der Waals surface area (Å²) in [4.78, 5) is 26.0. The van der Waals surface area contributed by atoms with E-state index in [0.29, 0.717) is 18.4 Å². The lowest BCUT2D eigenvalue weighted by Gasteiger charge is -2.41. The minimum absolute atomic E-state index is 0.0116. The van der Waals surface area contributed by atoms with Crippen LogP contribution in [-0.4, -0.2) is 48.6 Å². The Morgan fingerprint density at radius 2 is 1.67 bits per heavy atom. The summed E-state index contributed by atoms with van der Waals surface area (Å²) in [5.74, 6) is -1.40. The number of rotatable bonds is 5. The van der Waals surface area contributed by atoms with E-state index in [4.69, 9.17) is 0 Å². The molecule has 0 aliphatic heterocycles. The predicted molar refractivity (Wildman–Crippen MR) is 89.7 cm³/mol. The van der Waals surface area contributed by atoms with E-state index in [0.717, 1.165) is 19.3 Å². The molecule has 0 saturated heterocycles. The van der Waals surface area contributed by atoms with Crippen molar-refractivity contribution in [2.45, 2.75) is 49.5 Å². The van der Waals surface area contributed by atoms with Crippen molar-refractivity contribution in [1.29, 1.82) is 0 Å². The number of likely N-dealkylation sites (N-methyl/N-ethyl adjacent to an activating group) is 1. The molecule has 1 fully saturated rings. The van der Waals surface area contributed by atoms with Crippen molar-refractivity contribution in [3.05, 3.63) is 29.8 Å². The number of amides is 1. The summed E-state index contributed by atoms with van der Waals surface area (Å²) >= 11 is 0. The average molecular weight is 353 g/mol. The molecular formula is C17H23NO5S. The fraction of sp³-hybridized carbons (Fsp3) is 0.529. The highest BCUT2D eigenvalue weighted by Gasteiger charge is 2.45. The van der Waals surface area contributed by atoms with E-state index in [-0.39, 0.29) is 10.6 Å². The molecule has 0 atom stereocenters. The lowest BCUT2D eigenvalue weighted by atomic mass is 9.80.